The van der Waals surface area contributed by atoms with Crippen molar-refractivity contribution in [1.82, 2.24) is 9.55 Å². The van der Waals surface area contributed by atoms with Crippen LogP contribution in [0.25, 0.3) is 16.6 Å². The van der Waals surface area contributed by atoms with Crippen molar-refractivity contribution in [2.45, 2.75) is 17.6 Å². The second-order valence-electron chi connectivity index (χ2n) is 6.58. The minimum absolute atomic E-state index is 0.114. The Kier molecular flexibility index (Phi) is 5.60. The molecule has 0 spiro atoms. The summed E-state index contributed by atoms with van der Waals surface area (Å²) in [6, 6.07) is 20.9. The van der Waals surface area contributed by atoms with Crippen LogP contribution in [0, 0.1) is 6.92 Å². The minimum Gasteiger partial charge on any atom is -0.497 e. The summed E-state index contributed by atoms with van der Waals surface area (Å²) < 4.78 is 6.92. The van der Waals surface area contributed by atoms with Crippen LogP contribution < -0.4 is 10.3 Å². The molecule has 146 valence electrons. The number of fused-ring (bicyclic) bond motifs is 1. The summed E-state index contributed by atoms with van der Waals surface area (Å²) in [5.74, 6) is 2.06. The van der Waals surface area contributed by atoms with Crippen LogP contribution in [0.1, 0.15) is 11.4 Å². The smallest absolute Gasteiger partial charge is 0.266 e. The molecule has 3 aromatic carbocycles. The van der Waals surface area contributed by atoms with Gasteiger partial charge in [0.15, 0.2) is 0 Å². The number of ether oxygens (including phenoxy) is 1. The normalized spacial score (nSPS) is 11.0. The van der Waals surface area contributed by atoms with Gasteiger partial charge in [0.2, 0.25) is 0 Å². The van der Waals surface area contributed by atoms with Gasteiger partial charge in [-0.05, 0) is 61.0 Å². The first kappa shape index (κ1) is 19.6. The number of aryl methyl sites for hydroxylation is 1. The molecule has 29 heavy (non-hydrogen) atoms. The SMILES string of the molecule is COc1ccc(SCc2nc3ccc(Cl)cc3c(=O)n2-c2ccccc2C)cc1. The van der Waals surface area contributed by atoms with E-state index in [4.69, 9.17) is 21.3 Å². The van der Waals surface area contributed by atoms with Crippen molar-refractivity contribution in [2.24, 2.45) is 0 Å². The van der Waals surface area contributed by atoms with Crippen molar-refractivity contribution in [3.8, 4) is 11.4 Å². The molecule has 4 nitrogen and oxygen atoms in total. The van der Waals surface area contributed by atoms with Gasteiger partial charge in [-0.15, -0.1) is 11.8 Å². The van der Waals surface area contributed by atoms with Crippen molar-refractivity contribution in [1.29, 1.82) is 0 Å². The number of methoxy groups -OCH3 is 1. The van der Waals surface area contributed by atoms with Gasteiger partial charge >= 0.3 is 0 Å². The van der Waals surface area contributed by atoms with Gasteiger partial charge in [-0.3, -0.25) is 9.36 Å². The molecule has 4 aromatic rings. The average Bonchev–Trinajstić information content (AvgIpc) is 2.74. The van der Waals surface area contributed by atoms with E-state index in [0.717, 1.165) is 21.9 Å². The zero-order valence-electron chi connectivity index (χ0n) is 16.1. The molecule has 1 heterocycles. The number of para-hydroxylation sites is 1. The first-order chi connectivity index (χ1) is 14.1. The summed E-state index contributed by atoms with van der Waals surface area (Å²) >= 11 is 7.76. The second kappa shape index (κ2) is 8.31. The number of thioether (sulfide) groups is 1. The average molecular weight is 423 g/mol. The molecule has 0 bridgehead atoms. The highest BCUT2D eigenvalue weighted by atomic mass is 35.5. The summed E-state index contributed by atoms with van der Waals surface area (Å²) in [5.41, 5.74) is 2.37. The summed E-state index contributed by atoms with van der Waals surface area (Å²) in [6.07, 6.45) is 0. The van der Waals surface area contributed by atoms with Crippen LogP contribution in [0.2, 0.25) is 5.02 Å². The molecule has 0 aliphatic heterocycles. The lowest BCUT2D eigenvalue weighted by molar-refractivity contribution is 0.414. The van der Waals surface area contributed by atoms with Gasteiger partial charge in [0, 0.05) is 9.92 Å². The predicted octanol–water partition coefficient (Wildman–Crippen LogP) is 5.65. The van der Waals surface area contributed by atoms with Gasteiger partial charge in [0.1, 0.15) is 11.6 Å². The van der Waals surface area contributed by atoms with Crippen molar-refractivity contribution in [3.05, 3.63) is 93.5 Å². The van der Waals surface area contributed by atoms with E-state index >= 15 is 0 Å². The molecule has 0 saturated heterocycles. The van der Waals surface area contributed by atoms with Crippen LogP contribution in [0.3, 0.4) is 0 Å². The monoisotopic (exact) mass is 422 g/mol. The number of rotatable bonds is 5. The molecule has 1 aromatic heterocycles. The molecule has 6 heteroatoms. The van der Waals surface area contributed by atoms with E-state index < -0.39 is 0 Å². The van der Waals surface area contributed by atoms with E-state index in [0.29, 0.717) is 27.5 Å². The van der Waals surface area contributed by atoms with Crippen LogP contribution in [-0.4, -0.2) is 16.7 Å². The van der Waals surface area contributed by atoms with E-state index in [-0.39, 0.29) is 5.56 Å². The summed E-state index contributed by atoms with van der Waals surface area (Å²) in [5, 5.41) is 1.03. The third-order valence-electron chi connectivity index (χ3n) is 4.68. The van der Waals surface area contributed by atoms with Gasteiger partial charge < -0.3 is 4.74 Å². The van der Waals surface area contributed by atoms with Crippen LogP contribution in [0.5, 0.6) is 5.75 Å². The fourth-order valence-corrected chi connectivity index (χ4v) is 4.17. The van der Waals surface area contributed by atoms with Crippen LogP contribution in [0.15, 0.2) is 76.4 Å². The number of nitrogens with zero attached hydrogens (tertiary/aromatic N) is 2. The largest absolute Gasteiger partial charge is 0.497 e. The molecule has 4 rings (SSSR count). The molecule has 0 amide bonds. The third kappa shape index (κ3) is 4.02. The highest BCUT2D eigenvalue weighted by molar-refractivity contribution is 7.98. The Bertz CT molecular complexity index is 1240. The van der Waals surface area contributed by atoms with Gasteiger partial charge in [-0.1, -0.05) is 29.8 Å². The zero-order chi connectivity index (χ0) is 20.4. The van der Waals surface area contributed by atoms with Gasteiger partial charge in [-0.25, -0.2) is 4.98 Å². The molecule has 0 aliphatic rings. The van der Waals surface area contributed by atoms with Crippen LogP contribution in [0.4, 0.5) is 0 Å². The fraction of sp³-hybridized carbons (Fsp3) is 0.130. The molecule has 0 atom stereocenters. The number of benzene rings is 3. The van der Waals surface area contributed by atoms with Crippen molar-refractivity contribution in [3.63, 3.8) is 0 Å². The number of hydrogen-bond acceptors (Lipinski definition) is 4. The van der Waals surface area contributed by atoms with Crippen molar-refractivity contribution < 1.29 is 4.74 Å². The lowest BCUT2D eigenvalue weighted by atomic mass is 10.2. The first-order valence-electron chi connectivity index (χ1n) is 9.11. The fourth-order valence-electron chi connectivity index (χ4n) is 3.18. The Morgan fingerprint density at radius 2 is 1.83 bits per heavy atom. The van der Waals surface area contributed by atoms with Crippen molar-refractivity contribution >= 4 is 34.3 Å². The van der Waals surface area contributed by atoms with Gasteiger partial charge in [0.25, 0.3) is 5.56 Å². The molecule has 0 N–H and O–H groups in total. The number of halogens is 1. The van der Waals surface area contributed by atoms with Crippen LogP contribution in [-0.2, 0) is 5.75 Å². The quantitative estimate of drug-likeness (QED) is 0.390. The lowest BCUT2D eigenvalue weighted by Gasteiger charge is -2.15. The van der Waals surface area contributed by atoms with E-state index in [2.05, 4.69) is 0 Å². The number of aromatic nitrogens is 2. The van der Waals surface area contributed by atoms with E-state index in [1.54, 1.807) is 41.6 Å². The van der Waals surface area contributed by atoms with Gasteiger partial charge in [0.05, 0.1) is 29.5 Å². The standard InChI is InChI=1S/C23H19ClN2O2S/c1-15-5-3-4-6-21(15)26-22(14-29-18-10-8-17(28-2)9-11-18)25-20-12-7-16(24)13-19(20)23(26)27/h3-13H,14H2,1-2H3. The molecular formula is C23H19ClN2O2S. The molecule has 0 aliphatic carbocycles. The highest BCUT2D eigenvalue weighted by Gasteiger charge is 2.15. The Labute approximate surface area is 178 Å². The second-order valence-corrected chi connectivity index (χ2v) is 8.07. The minimum atomic E-state index is -0.114. The Balaban J connectivity index is 1.82. The summed E-state index contributed by atoms with van der Waals surface area (Å²) in [6.45, 7) is 1.99. The molecule has 0 fully saturated rings. The summed E-state index contributed by atoms with van der Waals surface area (Å²) in [7, 11) is 1.65. The maximum atomic E-state index is 13.4. The lowest BCUT2D eigenvalue weighted by Crippen LogP contribution is -2.24. The van der Waals surface area contributed by atoms with E-state index in [1.165, 1.54) is 0 Å². The Hall–Kier alpha value is -2.76. The molecule has 0 radical (unpaired) electrons. The van der Waals surface area contributed by atoms with Crippen molar-refractivity contribution in [2.75, 3.05) is 7.11 Å². The molecular weight excluding hydrogens is 404 g/mol. The summed E-state index contributed by atoms with van der Waals surface area (Å²) in [4.78, 5) is 19.3. The molecule has 0 saturated carbocycles. The molecule has 0 unspecified atom stereocenters. The van der Waals surface area contributed by atoms with Crippen LogP contribution >= 0.6 is 23.4 Å². The zero-order valence-corrected chi connectivity index (χ0v) is 17.6. The maximum Gasteiger partial charge on any atom is 0.266 e. The Morgan fingerprint density at radius 3 is 2.55 bits per heavy atom. The van der Waals surface area contributed by atoms with E-state index in [1.807, 2.05) is 55.5 Å². The number of hydrogen-bond donors (Lipinski definition) is 0. The van der Waals surface area contributed by atoms with Gasteiger partial charge in [-0.2, -0.15) is 0 Å². The maximum absolute atomic E-state index is 13.4. The predicted molar refractivity (Wildman–Crippen MR) is 120 cm³/mol. The third-order valence-corrected chi connectivity index (χ3v) is 5.93. The topological polar surface area (TPSA) is 44.1 Å². The first-order valence-corrected chi connectivity index (χ1v) is 10.5. The Morgan fingerprint density at radius 1 is 1.07 bits per heavy atom. The van der Waals surface area contributed by atoms with E-state index in [9.17, 15) is 4.79 Å². The highest BCUT2D eigenvalue weighted by Crippen LogP contribution is 2.26.